The first-order valence-corrected chi connectivity index (χ1v) is 9.40. The van der Waals surface area contributed by atoms with Gasteiger partial charge in [0.15, 0.2) is 10.9 Å². The molecule has 0 amide bonds. The van der Waals surface area contributed by atoms with Crippen LogP contribution < -0.4 is 10.6 Å². The lowest BCUT2D eigenvalue weighted by Crippen LogP contribution is -2.19. The molecular formula is C21H16ClFN4S. The molecule has 0 atom stereocenters. The quantitative estimate of drug-likeness (QED) is 0.424. The highest BCUT2D eigenvalue weighted by atomic mass is 35.5. The molecule has 0 aliphatic heterocycles. The maximum atomic E-state index is 13.2. The zero-order chi connectivity index (χ0) is 19.5. The lowest BCUT2D eigenvalue weighted by Gasteiger charge is -2.09. The van der Waals surface area contributed by atoms with Crippen molar-refractivity contribution in [2.45, 2.75) is 6.54 Å². The molecule has 0 radical (unpaired) electrons. The van der Waals surface area contributed by atoms with Gasteiger partial charge >= 0.3 is 0 Å². The number of aromatic nitrogens is 2. The fraction of sp³-hybridized carbons (Fsp3) is 0.0476. The van der Waals surface area contributed by atoms with Gasteiger partial charge in [-0.2, -0.15) is 5.10 Å². The van der Waals surface area contributed by atoms with E-state index in [4.69, 9.17) is 23.8 Å². The third-order valence-corrected chi connectivity index (χ3v) is 4.77. The van der Waals surface area contributed by atoms with E-state index in [0.717, 1.165) is 0 Å². The minimum Gasteiger partial charge on any atom is -0.332 e. The van der Waals surface area contributed by atoms with Crippen molar-refractivity contribution >= 4 is 51.2 Å². The minimum absolute atomic E-state index is 0.0344. The van der Waals surface area contributed by atoms with Crippen LogP contribution in [0.5, 0.6) is 0 Å². The number of halogens is 2. The van der Waals surface area contributed by atoms with Crippen LogP contribution in [0.2, 0.25) is 5.02 Å². The summed E-state index contributed by atoms with van der Waals surface area (Å²) >= 11 is 11.1. The van der Waals surface area contributed by atoms with Crippen LogP contribution >= 0.6 is 23.8 Å². The van der Waals surface area contributed by atoms with Crippen molar-refractivity contribution in [1.29, 1.82) is 0 Å². The number of nitrogens with zero attached hydrogens (tertiary/aromatic N) is 2. The molecule has 0 aliphatic carbocycles. The summed E-state index contributed by atoms with van der Waals surface area (Å²) in [5.41, 5.74) is 1.79. The zero-order valence-corrected chi connectivity index (χ0v) is 16.3. The first-order valence-electron chi connectivity index (χ1n) is 8.62. The lowest BCUT2D eigenvalue weighted by molar-refractivity contribution is 0.628. The second kappa shape index (κ2) is 7.96. The first kappa shape index (κ1) is 18.4. The number of hydrogen-bond donors (Lipinski definition) is 2. The molecule has 0 saturated carbocycles. The topological polar surface area (TPSA) is 41.9 Å². The summed E-state index contributed by atoms with van der Waals surface area (Å²) in [7, 11) is 0. The molecule has 0 spiro atoms. The molecule has 0 bridgehead atoms. The van der Waals surface area contributed by atoms with Crippen molar-refractivity contribution in [3.8, 4) is 0 Å². The number of anilines is 2. The van der Waals surface area contributed by atoms with Crippen molar-refractivity contribution in [3.63, 3.8) is 0 Å². The van der Waals surface area contributed by atoms with Crippen LogP contribution in [0.15, 0.2) is 72.9 Å². The van der Waals surface area contributed by atoms with Crippen molar-refractivity contribution in [1.82, 2.24) is 9.78 Å². The molecule has 0 unspecified atom stereocenters. The predicted octanol–water partition coefficient (Wildman–Crippen LogP) is 5.69. The fourth-order valence-electron chi connectivity index (χ4n) is 2.97. The van der Waals surface area contributed by atoms with Gasteiger partial charge in [0.2, 0.25) is 0 Å². The molecule has 1 heterocycles. The van der Waals surface area contributed by atoms with Crippen LogP contribution in [0.1, 0.15) is 5.56 Å². The van der Waals surface area contributed by atoms with Gasteiger partial charge in [0.25, 0.3) is 0 Å². The van der Waals surface area contributed by atoms with E-state index in [-0.39, 0.29) is 5.02 Å². The average molecular weight is 411 g/mol. The van der Waals surface area contributed by atoms with Crippen molar-refractivity contribution in [2.24, 2.45) is 0 Å². The van der Waals surface area contributed by atoms with E-state index in [1.54, 1.807) is 6.07 Å². The fourth-order valence-corrected chi connectivity index (χ4v) is 3.38. The van der Waals surface area contributed by atoms with Gasteiger partial charge in [0.05, 0.1) is 11.6 Å². The van der Waals surface area contributed by atoms with Gasteiger partial charge in [-0.3, -0.25) is 4.68 Å². The van der Waals surface area contributed by atoms with Gasteiger partial charge in [-0.25, -0.2) is 4.39 Å². The second-order valence-corrected chi connectivity index (χ2v) is 7.06. The number of fused-ring (bicyclic) bond motifs is 1. The van der Waals surface area contributed by atoms with Gasteiger partial charge in [0.1, 0.15) is 5.82 Å². The van der Waals surface area contributed by atoms with Gasteiger partial charge in [-0.1, -0.05) is 54.1 Å². The molecule has 4 aromatic rings. The minimum atomic E-state index is -0.474. The van der Waals surface area contributed by atoms with Gasteiger partial charge in [0, 0.05) is 18.0 Å². The largest absolute Gasteiger partial charge is 0.332 e. The lowest BCUT2D eigenvalue weighted by atomic mass is 10.0. The molecular weight excluding hydrogens is 395 g/mol. The van der Waals surface area contributed by atoms with Gasteiger partial charge in [-0.15, -0.1) is 0 Å². The predicted molar refractivity (Wildman–Crippen MR) is 117 cm³/mol. The Morgan fingerprint density at radius 1 is 1.04 bits per heavy atom. The van der Waals surface area contributed by atoms with E-state index in [1.807, 2.05) is 35.1 Å². The van der Waals surface area contributed by atoms with Gasteiger partial charge < -0.3 is 10.6 Å². The molecule has 3 aromatic carbocycles. The summed E-state index contributed by atoms with van der Waals surface area (Å²) in [6.07, 6.45) is 1.89. The number of hydrogen-bond acceptors (Lipinski definition) is 2. The molecule has 4 nitrogen and oxygen atoms in total. The van der Waals surface area contributed by atoms with E-state index < -0.39 is 5.82 Å². The van der Waals surface area contributed by atoms with E-state index in [2.05, 4.69) is 40.0 Å². The number of thiocarbonyl (C=S) groups is 1. The third kappa shape index (κ3) is 4.13. The highest BCUT2D eigenvalue weighted by Gasteiger charge is 2.06. The highest BCUT2D eigenvalue weighted by Crippen LogP contribution is 2.21. The number of rotatable bonds is 4. The van der Waals surface area contributed by atoms with Crippen LogP contribution in [0.4, 0.5) is 15.9 Å². The van der Waals surface area contributed by atoms with E-state index >= 15 is 0 Å². The number of nitrogens with one attached hydrogen (secondary N) is 2. The Morgan fingerprint density at radius 2 is 1.86 bits per heavy atom. The summed E-state index contributed by atoms with van der Waals surface area (Å²) in [4.78, 5) is 0. The molecule has 0 aliphatic rings. The molecule has 2 N–H and O–H groups in total. The molecule has 28 heavy (non-hydrogen) atoms. The standard InChI is InChI=1S/C21H16ClFN4S/c22-18-12-16(8-9-19(18)23)24-21(28)25-20-10-11-27(26-20)13-15-6-3-5-14-4-1-2-7-17(14)15/h1-12H,13H2,(H2,24,25,26,28). The van der Waals surface area contributed by atoms with E-state index in [1.165, 1.54) is 28.5 Å². The summed E-state index contributed by atoms with van der Waals surface area (Å²) in [5, 5.41) is 13.3. The van der Waals surface area contributed by atoms with Crippen molar-refractivity contribution < 1.29 is 4.39 Å². The molecule has 140 valence electrons. The van der Waals surface area contributed by atoms with Crippen molar-refractivity contribution in [3.05, 3.63) is 89.3 Å². The Balaban J connectivity index is 1.44. The smallest absolute Gasteiger partial charge is 0.176 e. The Labute approximate surface area is 171 Å². The first-order chi connectivity index (χ1) is 13.6. The number of benzene rings is 3. The molecule has 1 aromatic heterocycles. The SMILES string of the molecule is Fc1ccc(NC(=S)Nc2ccn(Cc3cccc4ccccc34)n2)cc1Cl. The van der Waals surface area contributed by atoms with Gasteiger partial charge in [-0.05, 0) is 46.8 Å². The second-order valence-electron chi connectivity index (χ2n) is 6.24. The van der Waals surface area contributed by atoms with Crippen LogP contribution in [0.3, 0.4) is 0 Å². The zero-order valence-electron chi connectivity index (χ0n) is 14.7. The maximum Gasteiger partial charge on any atom is 0.176 e. The normalized spacial score (nSPS) is 10.8. The summed E-state index contributed by atoms with van der Waals surface area (Å²) in [5.74, 6) is 0.143. The molecule has 0 saturated heterocycles. The van der Waals surface area contributed by atoms with E-state index in [0.29, 0.717) is 23.2 Å². The summed E-state index contributed by atoms with van der Waals surface area (Å²) in [6.45, 7) is 0.650. The summed E-state index contributed by atoms with van der Waals surface area (Å²) < 4.78 is 15.1. The Morgan fingerprint density at radius 3 is 2.71 bits per heavy atom. The molecule has 7 heteroatoms. The average Bonchev–Trinajstić information content (AvgIpc) is 3.12. The Hall–Kier alpha value is -2.96. The Kier molecular flexibility index (Phi) is 5.23. The highest BCUT2D eigenvalue weighted by molar-refractivity contribution is 7.80. The Bertz CT molecular complexity index is 1150. The molecule has 4 rings (SSSR count). The van der Waals surface area contributed by atoms with Crippen LogP contribution in [-0.2, 0) is 6.54 Å². The van der Waals surface area contributed by atoms with Crippen molar-refractivity contribution in [2.75, 3.05) is 10.6 Å². The van der Waals surface area contributed by atoms with E-state index in [9.17, 15) is 4.39 Å². The van der Waals surface area contributed by atoms with Crippen LogP contribution in [0, 0.1) is 5.82 Å². The van der Waals surface area contributed by atoms with Crippen LogP contribution in [0.25, 0.3) is 10.8 Å². The monoisotopic (exact) mass is 410 g/mol. The maximum absolute atomic E-state index is 13.2. The summed E-state index contributed by atoms with van der Waals surface area (Å²) in [6, 6.07) is 20.7. The molecule has 0 fully saturated rings. The third-order valence-electron chi connectivity index (χ3n) is 4.27. The van der Waals surface area contributed by atoms with Crippen LogP contribution in [-0.4, -0.2) is 14.9 Å².